The van der Waals surface area contributed by atoms with E-state index in [9.17, 15) is 23.4 Å². The molecule has 41 heavy (non-hydrogen) atoms. The molecular formula is C34H39F3N2O2. The molecule has 218 valence electrons. The highest BCUT2D eigenvalue weighted by Crippen LogP contribution is 2.46. The molecule has 0 radical (unpaired) electrons. The fourth-order valence-corrected chi connectivity index (χ4v) is 6.24. The number of nitrogens with one attached hydrogen (secondary N) is 1. The zero-order valence-electron chi connectivity index (χ0n) is 23.8. The van der Waals surface area contributed by atoms with E-state index in [2.05, 4.69) is 22.0 Å². The summed E-state index contributed by atoms with van der Waals surface area (Å²) in [5.41, 5.74) is 0.675. The van der Waals surface area contributed by atoms with Gasteiger partial charge in [-0.05, 0) is 103 Å². The number of aromatic nitrogens is 1. The van der Waals surface area contributed by atoms with Crippen LogP contribution in [0.4, 0.5) is 13.2 Å². The summed E-state index contributed by atoms with van der Waals surface area (Å²) in [5, 5.41) is 22.8. The van der Waals surface area contributed by atoms with Gasteiger partial charge in [-0.15, -0.1) is 0 Å². The van der Waals surface area contributed by atoms with Crippen molar-refractivity contribution in [3.63, 3.8) is 0 Å². The van der Waals surface area contributed by atoms with Gasteiger partial charge in [0.1, 0.15) is 5.75 Å². The van der Waals surface area contributed by atoms with Crippen LogP contribution in [0.2, 0.25) is 0 Å². The van der Waals surface area contributed by atoms with Crippen molar-refractivity contribution < 1.29 is 23.4 Å². The van der Waals surface area contributed by atoms with Crippen LogP contribution in [0, 0.1) is 0 Å². The first-order valence-electron chi connectivity index (χ1n) is 14.4. The average molecular weight is 565 g/mol. The number of halogens is 3. The van der Waals surface area contributed by atoms with Crippen LogP contribution < -0.4 is 0 Å². The van der Waals surface area contributed by atoms with Crippen molar-refractivity contribution in [3.05, 3.63) is 89.6 Å². The maximum Gasteiger partial charge on any atom is 0.417 e. The lowest BCUT2D eigenvalue weighted by Crippen LogP contribution is -2.49. The highest BCUT2D eigenvalue weighted by Gasteiger charge is 2.55. The lowest BCUT2D eigenvalue weighted by atomic mass is 9.72. The molecule has 0 aliphatic carbocycles. The Balaban J connectivity index is 1.34. The van der Waals surface area contributed by atoms with E-state index in [1.54, 1.807) is 26.0 Å². The molecule has 4 aromatic rings. The summed E-state index contributed by atoms with van der Waals surface area (Å²) in [4.78, 5) is 5.69. The van der Waals surface area contributed by atoms with E-state index < -0.39 is 30.0 Å². The predicted molar refractivity (Wildman–Crippen MR) is 158 cm³/mol. The largest absolute Gasteiger partial charge is 0.508 e. The number of H-pyrrole nitrogens is 1. The zero-order chi connectivity index (χ0) is 29.3. The van der Waals surface area contributed by atoms with E-state index in [1.807, 2.05) is 42.5 Å². The number of aromatic hydroxyl groups is 1. The summed E-state index contributed by atoms with van der Waals surface area (Å²) in [7, 11) is 0. The third-order valence-electron chi connectivity index (χ3n) is 8.50. The van der Waals surface area contributed by atoms with Crippen molar-refractivity contribution in [3.8, 4) is 16.9 Å². The number of phenolic OH excluding ortho intramolecular Hbond substituents is 1. The Morgan fingerprint density at radius 1 is 0.854 bits per heavy atom. The molecule has 0 spiro atoms. The number of rotatable bonds is 9. The molecule has 1 unspecified atom stereocenters. The van der Waals surface area contributed by atoms with E-state index in [0.29, 0.717) is 11.3 Å². The molecule has 1 fully saturated rings. The van der Waals surface area contributed by atoms with E-state index in [-0.39, 0.29) is 12.2 Å². The second-order valence-corrected chi connectivity index (χ2v) is 12.2. The average Bonchev–Trinajstić information content (AvgIpc) is 3.35. The molecule has 0 bridgehead atoms. The number of aryl methyl sites for hydroxylation is 1. The van der Waals surface area contributed by atoms with Crippen molar-refractivity contribution >= 4 is 10.9 Å². The number of hydrogen-bond donors (Lipinski definition) is 3. The Hall–Kier alpha value is -3.29. The lowest BCUT2D eigenvalue weighted by Gasteiger charge is -2.38. The summed E-state index contributed by atoms with van der Waals surface area (Å²) in [6.07, 6.45) is -2.18. The molecule has 5 rings (SSSR count). The summed E-state index contributed by atoms with van der Waals surface area (Å²) >= 11 is 0. The van der Waals surface area contributed by atoms with Crippen molar-refractivity contribution in [2.75, 3.05) is 13.1 Å². The number of hydrogen-bond acceptors (Lipinski definition) is 3. The lowest BCUT2D eigenvalue weighted by molar-refractivity contribution is -0.269. The van der Waals surface area contributed by atoms with Crippen molar-refractivity contribution in [1.29, 1.82) is 0 Å². The van der Waals surface area contributed by atoms with E-state index in [0.717, 1.165) is 41.7 Å². The number of likely N-dealkylation sites (tertiary alicyclic amines) is 1. The summed E-state index contributed by atoms with van der Waals surface area (Å²) in [5.74, 6) is -0.0878. The molecule has 7 heteroatoms. The van der Waals surface area contributed by atoms with Crippen LogP contribution >= 0.6 is 0 Å². The first-order valence-corrected chi connectivity index (χ1v) is 14.4. The zero-order valence-corrected chi connectivity index (χ0v) is 23.8. The standard InChI is InChI=1S/C34H39F3N2O2/c1-32(2,29-21-26(12-14-31(29)40)25-9-5-3-6-10-25)23-33(41,34(35,36)37)16-15-28-20-27-19-24(11-13-30(27)38-28)22-39-17-7-4-8-18-39/h3,5-6,9-14,19-21,38,40-41H,4,7-8,15-18,22-23H2,1-2H3. The quantitative estimate of drug-likeness (QED) is 0.192. The molecule has 1 saturated heterocycles. The Kier molecular flexibility index (Phi) is 8.22. The molecular weight excluding hydrogens is 525 g/mol. The topological polar surface area (TPSA) is 59.5 Å². The number of alkyl halides is 3. The number of fused-ring (bicyclic) bond motifs is 1. The Bertz CT molecular complexity index is 1470. The first-order chi connectivity index (χ1) is 19.4. The van der Waals surface area contributed by atoms with Crippen LogP contribution in [0.1, 0.15) is 62.8 Å². The first kappa shape index (κ1) is 29.2. The molecule has 2 heterocycles. The summed E-state index contributed by atoms with van der Waals surface area (Å²) < 4.78 is 43.4. The second kappa shape index (κ2) is 11.5. The second-order valence-electron chi connectivity index (χ2n) is 12.2. The minimum atomic E-state index is -4.84. The normalized spacial score (nSPS) is 16.6. The van der Waals surface area contributed by atoms with Gasteiger partial charge in [-0.25, -0.2) is 0 Å². The van der Waals surface area contributed by atoms with Crippen LogP contribution in [-0.4, -0.2) is 45.0 Å². The Morgan fingerprint density at radius 3 is 2.29 bits per heavy atom. The van der Waals surface area contributed by atoms with Gasteiger partial charge >= 0.3 is 6.18 Å². The number of nitrogens with zero attached hydrogens (tertiary/aromatic N) is 1. The molecule has 3 aromatic carbocycles. The monoisotopic (exact) mass is 564 g/mol. The molecule has 1 aliphatic heterocycles. The van der Waals surface area contributed by atoms with Gasteiger partial charge in [0.25, 0.3) is 0 Å². The van der Waals surface area contributed by atoms with Crippen molar-refractivity contribution in [2.24, 2.45) is 0 Å². The highest BCUT2D eigenvalue weighted by atomic mass is 19.4. The van der Waals surface area contributed by atoms with Gasteiger partial charge in [-0.3, -0.25) is 4.90 Å². The summed E-state index contributed by atoms with van der Waals surface area (Å²) in [6, 6.07) is 22.5. The van der Waals surface area contributed by atoms with Crippen LogP contribution in [0.25, 0.3) is 22.0 Å². The molecule has 4 nitrogen and oxygen atoms in total. The van der Waals surface area contributed by atoms with Crippen molar-refractivity contribution in [1.82, 2.24) is 9.88 Å². The maximum atomic E-state index is 14.5. The van der Waals surface area contributed by atoms with Gasteiger partial charge in [-0.1, -0.05) is 62.7 Å². The highest BCUT2D eigenvalue weighted by molar-refractivity contribution is 5.81. The maximum absolute atomic E-state index is 14.5. The Labute approximate surface area is 239 Å². The third kappa shape index (κ3) is 6.62. The smallest absolute Gasteiger partial charge is 0.417 e. The van der Waals surface area contributed by atoms with Crippen LogP contribution in [0.5, 0.6) is 5.75 Å². The number of aromatic amines is 1. The van der Waals surface area contributed by atoms with E-state index >= 15 is 0 Å². The van der Waals surface area contributed by atoms with Gasteiger partial charge in [0, 0.05) is 23.3 Å². The number of aliphatic hydroxyl groups is 1. The van der Waals surface area contributed by atoms with Crippen LogP contribution in [-0.2, 0) is 18.4 Å². The minimum Gasteiger partial charge on any atom is -0.508 e. The van der Waals surface area contributed by atoms with Gasteiger partial charge in [0.15, 0.2) is 5.60 Å². The molecule has 0 saturated carbocycles. The van der Waals surface area contributed by atoms with Crippen LogP contribution in [0.15, 0.2) is 72.8 Å². The number of piperidine rings is 1. The predicted octanol–water partition coefficient (Wildman–Crippen LogP) is 8.12. The van der Waals surface area contributed by atoms with Gasteiger partial charge in [-0.2, -0.15) is 13.2 Å². The number of benzene rings is 3. The summed E-state index contributed by atoms with van der Waals surface area (Å²) in [6.45, 7) is 6.34. The third-order valence-corrected chi connectivity index (χ3v) is 8.50. The fourth-order valence-electron chi connectivity index (χ4n) is 6.24. The van der Waals surface area contributed by atoms with Crippen LogP contribution in [0.3, 0.4) is 0 Å². The SMILES string of the molecule is CC(C)(CC(O)(CCc1cc2cc(CN3CCCCC3)ccc2[nH]1)C(F)(F)F)c1cc(-c2ccccc2)ccc1O. The molecule has 1 aliphatic rings. The van der Waals surface area contributed by atoms with Crippen molar-refractivity contribution in [2.45, 2.75) is 76.1 Å². The van der Waals surface area contributed by atoms with E-state index in [4.69, 9.17) is 0 Å². The van der Waals surface area contributed by atoms with Gasteiger partial charge in [0.05, 0.1) is 0 Å². The molecule has 0 amide bonds. The van der Waals surface area contributed by atoms with Gasteiger partial charge < -0.3 is 15.2 Å². The minimum absolute atomic E-state index is 0.0399. The Morgan fingerprint density at radius 2 is 1.59 bits per heavy atom. The molecule has 1 atom stereocenters. The molecule has 3 N–H and O–H groups in total. The molecule has 1 aromatic heterocycles. The fraction of sp³-hybridized carbons (Fsp3) is 0.412. The number of phenols is 1. The van der Waals surface area contributed by atoms with Gasteiger partial charge in [0.2, 0.25) is 0 Å². The van der Waals surface area contributed by atoms with E-state index in [1.165, 1.54) is 30.9 Å².